The topological polar surface area (TPSA) is 130 Å². The maximum Gasteiger partial charge on any atom is 0.339 e. The smallest absolute Gasteiger partial charge is 0.339 e. The van der Waals surface area contributed by atoms with Crippen LogP contribution in [0.5, 0.6) is 5.75 Å². The Kier molecular flexibility index (Phi) is 5.84. The summed E-state index contributed by atoms with van der Waals surface area (Å²) < 4.78 is 5.45. The molecule has 0 unspecified atom stereocenters. The molecule has 0 radical (unpaired) electrons. The number of ketones is 2. The summed E-state index contributed by atoms with van der Waals surface area (Å²) in [5.74, 6) is -3.47. The van der Waals surface area contributed by atoms with Crippen molar-refractivity contribution in [2.75, 3.05) is 23.4 Å². The molecule has 1 fully saturated rings. The largest absolute Gasteiger partial charge is 0.492 e. The normalized spacial score (nSPS) is 14.6. The highest BCUT2D eigenvalue weighted by Gasteiger charge is 2.47. The van der Waals surface area contributed by atoms with Gasteiger partial charge in [-0.05, 0) is 37.3 Å². The molecule has 37 heavy (non-hydrogen) atoms. The van der Waals surface area contributed by atoms with E-state index in [4.69, 9.17) is 4.74 Å². The lowest BCUT2D eigenvalue weighted by Gasteiger charge is -2.19. The monoisotopic (exact) mass is 497 g/mol. The molecule has 1 aliphatic heterocycles. The van der Waals surface area contributed by atoms with Crippen LogP contribution in [0.4, 0.5) is 16.2 Å². The molecule has 2 aliphatic rings. The third kappa shape index (κ3) is 3.94. The molecule has 0 aromatic heterocycles. The molecular formula is C27H19N3O7. The van der Waals surface area contributed by atoms with Crippen LogP contribution in [-0.2, 0) is 14.4 Å². The van der Waals surface area contributed by atoms with E-state index in [0.29, 0.717) is 15.4 Å². The summed E-state index contributed by atoms with van der Waals surface area (Å²) >= 11 is 0. The van der Waals surface area contributed by atoms with Crippen LogP contribution in [0, 0.1) is 0 Å². The van der Waals surface area contributed by atoms with Crippen molar-refractivity contribution in [2.24, 2.45) is 0 Å². The molecule has 10 nitrogen and oxygen atoms in total. The van der Waals surface area contributed by atoms with Gasteiger partial charge >= 0.3 is 17.8 Å². The number of fused-ring (bicyclic) bond motifs is 2. The lowest BCUT2D eigenvalue weighted by atomic mass is 9.84. The van der Waals surface area contributed by atoms with Crippen LogP contribution in [-0.4, -0.2) is 53.4 Å². The van der Waals surface area contributed by atoms with Crippen molar-refractivity contribution < 1.29 is 33.5 Å². The van der Waals surface area contributed by atoms with Crippen molar-refractivity contribution in [2.45, 2.75) is 6.92 Å². The minimum Gasteiger partial charge on any atom is -0.492 e. The van der Waals surface area contributed by atoms with Gasteiger partial charge in [0.1, 0.15) is 12.3 Å². The molecule has 1 heterocycles. The highest BCUT2D eigenvalue weighted by molar-refractivity contribution is 6.53. The number of nitrogens with one attached hydrogen (secondary N) is 1. The Hall–Kier alpha value is -5.12. The molecule has 1 aliphatic carbocycles. The Bertz CT molecular complexity index is 1530. The van der Waals surface area contributed by atoms with E-state index in [1.165, 1.54) is 24.3 Å². The van der Waals surface area contributed by atoms with E-state index in [9.17, 15) is 28.8 Å². The lowest BCUT2D eigenvalue weighted by Crippen LogP contribution is -2.39. The number of rotatable bonds is 6. The average Bonchev–Trinajstić information content (AvgIpc) is 3.10. The highest BCUT2D eigenvalue weighted by atomic mass is 16.5. The van der Waals surface area contributed by atoms with E-state index in [2.05, 4.69) is 5.32 Å². The number of imide groups is 2. The minimum absolute atomic E-state index is 0.0914. The first-order chi connectivity index (χ1) is 17.8. The maximum absolute atomic E-state index is 13.0. The number of hydrogen-bond donors (Lipinski definition) is 1. The molecule has 3 aromatic carbocycles. The fourth-order valence-corrected chi connectivity index (χ4v) is 4.30. The van der Waals surface area contributed by atoms with Crippen LogP contribution in [0.15, 0.2) is 66.7 Å². The number of anilines is 2. The summed E-state index contributed by atoms with van der Waals surface area (Å²) in [6.07, 6.45) is 0. The molecule has 10 heteroatoms. The zero-order chi connectivity index (χ0) is 26.3. The van der Waals surface area contributed by atoms with Gasteiger partial charge in [0.2, 0.25) is 5.91 Å². The van der Waals surface area contributed by atoms with Gasteiger partial charge in [0.15, 0.2) is 11.6 Å². The van der Waals surface area contributed by atoms with E-state index in [-0.39, 0.29) is 52.0 Å². The summed E-state index contributed by atoms with van der Waals surface area (Å²) in [5.41, 5.74) is 1.19. The second-order valence-corrected chi connectivity index (χ2v) is 8.23. The molecule has 0 bridgehead atoms. The number of ether oxygens (including phenoxy) is 1. The van der Waals surface area contributed by atoms with Gasteiger partial charge in [-0.1, -0.05) is 36.4 Å². The molecule has 5 rings (SSSR count). The van der Waals surface area contributed by atoms with Crippen molar-refractivity contribution >= 4 is 46.7 Å². The third-order valence-corrected chi connectivity index (χ3v) is 5.97. The van der Waals surface area contributed by atoms with Gasteiger partial charge in [0, 0.05) is 27.9 Å². The number of amides is 5. The van der Waals surface area contributed by atoms with Crippen LogP contribution in [0.3, 0.4) is 0 Å². The summed E-state index contributed by atoms with van der Waals surface area (Å²) in [6, 6.07) is 16.0. The number of para-hydroxylation sites is 2. The van der Waals surface area contributed by atoms with Crippen LogP contribution < -0.4 is 15.0 Å². The lowest BCUT2D eigenvalue weighted by molar-refractivity contribution is -0.140. The van der Waals surface area contributed by atoms with E-state index >= 15 is 0 Å². The van der Waals surface area contributed by atoms with Crippen LogP contribution in [0.2, 0.25) is 0 Å². The molecule has 1 saturated heterocycles. The predicted molar refractivity (Wildman–Crippen MR) is 131 cm³/mol. The molecule has 5 amide bonds. The van der Waals surface area contributed by atoms with Gasteiger partial charge in [-0.25, -0.2) is 14.6 Å². The molecule has 0 atom stereocenters. The zero-order valence-electron chi connectivity index (χ0n) is 19.5. The summed E-state index contributed by atoms with van der Waals surface area (Å²) in [4.78, 5) is 77.7. The standard InChI is InChI=1S/C27H19N3O7/c1-2-37-21-10-6-5-9-20(21)30-26(35)25(34)29(27(30)36)14-22(31)28-15-11-12-18-19(13-15)24(33)17-8-4-3-7-16(17)23(18)32/h3-13H,2,14H2,1H3,(H,28,31). The number of carbonyl (C=O) groups excluding carboxylic acids is 6. The summed E-state index contributed by atoms with van der Waals surface area (Å²) in [6.45, 7) is 1.27. The number of hydrogen-bond acceptors (Lipinski definition) is 7. The van der Waals surface area contributed by atoms with Crippen molar-refractivity contribution in [1.82, 2.24) is 4.90 Å². The van der Waals surface area contributed by atoms with Gasteiger partial charge in [0.05, 0.1) is 12.3 Å². The van der Waals surface area contributed by atoms with Crippen LogP contribution in [0.25, 0.3) is 0 Å². The first-order valence-electron chi connectivity index (χ1n) is 11.4. The highest BCUT2D eigenvalue weighted by Crippen LogP contribution is 2.32. The van der Waals surface area contributed by atoms with Crippen LogP contribution >= 0.6 is 0 Å². The van der Waals surface area contributed by atoms with Crippen LogP contribution in [0.1, 0.15) is 38.8 Å². The second kappa shape index (κ2) is 9.15. The Labute approximate surface area is 210 Å². The molecular weight excluding hydrogens is 478 g/mol. The van der Waals surface area contributed by atoms with Gasteiger partial charge in [0.25, 0.3) is 0 Å². The number of carbonyl (C=O) groups is 6. The fraction of sp³-hybridized carbons (Fsp3) is 0.111. The van der Waals surface area contributed by atoms with E-state index in [1.807, 2.05) is 0 Å². The van der Waals surface area contributed by atoms with E-state index in [1.54, 1.807) is 49.4 Å². The van der Waals surface area contributed by atoms with E-state index < -0.39 is 30.3 Å². The quantitative estimate of drug-likeness (QED) is 0.320. The Morgan fingerprint density at radius 2 is 1.41 bits per heavy atom. The van der Waals surface area contributed by atoms with Crippen molar-refractivity contribution in [3.05, 3.63) is 89.0 Å². The van der Waals surface area contributed by atoms with Gasteiger partial charge in [-0.3, -0.25) is 24.0 Å². The molecule has 3 aromatic rings. The predicted octanol–water partition coefficient (Wildman–Crippen LogP) is 2.79. The molecule has 184 valence electrons. The summed E-state index contributed by atoms with van der Waals surface area (Å²) in [7, 11) is 0. The van der Waals surface area contributed by atoms with Crippen molar-refractivity contribution in [3.8, 4) is 5.75 Å². The Morgan fingerprint density at radius 1 is 0.784 bits per heavy atom. The Balaban J connectivity index is 1.34. The molecule has 1 N–H and O–H groups in total. The number of nitrogens with zero attached hydrogens (tertiary/aromatic N) is 2. The van der Waals surface area contributed by atoms with Crippen molar-refractivity contribution in [1.29, 1.82) is 0 Å². The minimum atomic E-state index is -1.16. The second-order valence-electron chi connectivity index (χ2n) is 8.23. The zero-order valence-corrected chi connectivity index (χ0v) is 19.5. The van der Waals surface area contributed by atoms with Crippen molar-refractivity contribution in [3.63, 3.8) is 0 Å². The number of urea groups is 1. The SMILES string of the molecule is CCOc1ccccc1N1C(=O)C(=O)N(CC(=O)Nc2ccc3c(c2)C(=O)c2ccccc2C3=O)C1=O. The Morgan fingerprint density at radius 3 is 2.11 bits per heavy atom. The first-order valence-corrected chi connectivity index (χ1v) is 11.4. The summed E-state index contributed by atoms with van der Waals surface area (Å²) in [5, 5.41) is 2.52. The maximum atomic E-state index is 13.0. The average molecular weight is 497 g/mol. The van der Waals surface area contributed by atoms with E-state index in [0.717, 1.165) is 0 Å². The number of benzene rings is 3. The van der Waals surface area contributed by atoms with Gasteiger partial charge < -0.3 is 10.1 Å². The fourth-order valence-electron chi connectivity index (χ4n) is 4.30. The molecule has 0 spiro atoms. The third-order valence-electron chi connectivity index (χ3n) is 5.97. The first kappa shape index (κ1) is 23.6. The molecule has 0 saturated carbocycles. The van der Waals surface area contributed by atoms with Gasteiger partial charge in [-0.15, -0.1) is 0 Å². The van der Waals surface area contributed by atoms with Gasteiger partial charge in [-0.2, -0.15) is 0 Å².